The van der Waals surface area contributed by atoms with Crippen LogP contribution >= 0.6 is 0 Å². The first-order valence-corrected chi connectivity index (χ1v) is 8.87. The summed E-state index contributed by atoms with van der Waals surface area (Å²) in [4.78, 5) is 40.7. The molecule has 1 fully saturated rings. The van der Waals surface area contributed by atoms with Gasteiger partial charge in [0.1, 0.15) is 5.76 Å². The molecule has 4 rings (SSSR count). The molecule has 1 atom stereocenters. The highest BCUT2D eigenvalue weighted by molar-refractivity contribution is 6.21. The molecule has 1 aromatic carbocycles. The van der Waals surface area contributed by atoms with Gasteiger partial charge in [-0.05, 0) is 44.0 Å². The molecule has 2 aromatic rings. The van der Waals surface area contributed by atoms with Crippen LogP contribution < -0.4 is 0 Å². The Bertz CT molecular complexity index is 819. The molecule has 1 aliphatic heterocycles. The Morgan fingerprint density at radius 2 is 1.81 bits per heavy atom. The van der Waals surface area contributed by atoms with Crippen molar-refractivity contribution in [2.75, 3.05) is 6.54 Å². The van der Waals surface area contributed by atoms with Gasteiger partial charge in [-0.1, -0.05) is 12.1 Å². The Balaban J connectivity index is 1.45. The highest BCUT2D eigenvalue weighted by Crippen LogP contribution is 2.35. The van der Waals surface area contributed by atoms with Crippen LogP contribution in [0.25, 0.3) is 0 Å². The van der Waals surface area contributed by atoms with Gasteiger partial charge in [-0.15, -0.1) is 0 Å². The molecular formula is C20H20N2O4. The van der Waals surface area contributed by atoms with E-state index >= 15 is 0 Å². The van der Waals surface area contributed by atoms with Crippen LogP contribution in [0, 0.1) is 0 Å². The van der Waals surface area contributed by atoms with Crippen molar-refractivity contribution < 1.29 is 18.8 Å². The highest BCUT2D eigenvalue weighted by atomic mass is 16.3. The number of nitrogens with zero attached hydrogens (tertiary/aromatic N) is 2. The van der Waals surface area contributed by atoms with Crippen LogP contribution in [-0.2, 0) is 4.79 Å². The topological polar surface area (TPSA) is 70.8 Å². The maximum atomic E-state index is 12.8. The fourth-order valence-corrected chi connectivity index (χ4v) is 3.53. The first kappa shape index (κ1) is 16.6. The number of imide groups is 1. The summed E-state index contributed by atoms with van der Waals surface area (Å²) in [5, 5.41) is 0. The van der Waals surface area contributed by atoms with Crippen molar-refractivity contribution in [3.63, 3.8) is 0 Å². The van der Waals surface area contributed by atoms with Gasteiger partial charge < -0.3 is 9.32 Å². The number of fused-ring (bicyclic) bond motifs is 1. The van der Waals surface area contributed by atoms with Crippen molar-refractivity contribution in [3.8, 4) is 0 Å². The van der Waals surface area contributed by atoms with E-state index < -0.39 is 0 Å². The maximum absolute atomic E-state index is 12.8. The molecule has 2 heterocycles. The molecule has 6 nitrogen and oxygen atoms in total. The average Bonchev–Trinajstić information content (AvgIpc) is 3.25. The van der Waals surface area contributed by atoms with Gasteiger partial charge in [0.05, 0.1) is 23.4 Å². The molecule has 0 bridgehead atoms. The Labute approximate surface area is 151 Å². The van der Waals surface area contributed by atoms with Crippen LogP contribution in [0.4, 0.5) is 0 Å². The first-order valence-electron chi connectivity index (χ1n) is 8.87. The summed E-state index contributed by atoms with van der Waals surface area (Å²) in [6.45, 7) is 2.04. The zero-order chi connectivity index (χ0) is 18.3. The summed E-state index contributed by atoms with van der Waals surface area (Å²) in [6.07, 6.45) is 3.67. The lowest BCUT2D eigenvalue weighted by atomic mass is 10.1. The van der Waals surface area contributed by atoms with E-state index in [-0.39, 0.29) is 42.8 Å². The van der Waals surface area contributed by atoms with Crippen molar-refractivity contribution >= 4 is 17.7 Å². The van der Waals surface area contributed by atoms with Crippen molar-refractivity contribution in [1.29, 1.82) is 0 Å². The SMILES string of the molecule is C[C@H](c1ccco1)N(C(=O)CCN1C(=O)c2ccccc2C1=O)C1CC1. The van der Waals surface area contributed by atoms with E-state index in [9.17, 15) is 14.4 Å². The van der Waals surface area contributed by atoms with Gasteiger partial charge in [-0.2, -0.15) is 0 Å². The summed E-state index contributed by atoms with van der Waals surface area (Å²) >= 11 is 0. The number of hydrogen-bond acceptors (Lipinski definition) is 4. The average molecular weight is 352 g/mol. The number of carbonyl (C=O) groups excluding carboxylic acids is 3. The fraction of sp³-hybridized carbons (Fsp3) is 0.350. The Hall–Kier alpha value is -2.89. The van der Waals surface area contributed by atoms with Crippen LogP contribution in [0.2, 0.25) is 0 Å². The van der Waals surface area contributed by atoms with E-state index in [2.05, 4.69) is 0 Å². The minimum atomic E-state index is -0.324. The number of hydrogen-bond donors (Lipinski definition) is 0. The molecule has 0 radical (unpaired) electrons. The summed E-state index contributed by atoms with van der Waals surface area (Å²) in [5.41, 5.74) is 0.820. The van der Waals surface area contributed by atoms with E-state index in [1.807, 2.05) is 17.9 Å². The molecule has 0 saturated heterocycles. The Morgan fingerprint density at radius 3 is 2.35 bits per heavy atom. The predicted molar refractivity (Wildman–Crippen MR) is 93.4 cm³/mol. The van der Waals surface area contributed by atoms with E-state index in [0.717, 1.165) is 18.6 Å². The molecular weight excluding hydrogens is 332 g/mol. The van der Waals surface area contributed by atoms with E-state index in [1.165, 1.54) is 4.90 Å². The molecule has 1 aromatic heterocycles. The minimum Gasteiger partial charge on any atom is -0.467 e. The molecule has 1 aliphatic carbocycles. The van der Waals surface area contributed by atoms with Gasteiger partial charge in [0.25, 0.3) is 11.8 Å². The zero-order valence-electron chi connectivity index (χ0n) is 14.6. The number of amides is 3. The van der Waals surface area contributed by atoms with E-state index in [1.54, 1.807) is 36.6 Å². The Kier molecular flexibility index (Phi) is 4.11. The van der Waals surface area contributed by atoms with Crippen molar-refractivity contribution in [1.82, 2.24) is 9.80 Å². The quantitative estimate of drug-likeness (QED) is 0.749. The lowest BCUT2D eigenvalue weighted by Crippen LogP contribution is -2.39. The lowest BCUT2D eigenvalue weighted by Gasteiger charge is -2.28. The third-order valence-corrected chi connectivity index (χ3v) is 5.03. The van der Waals surface area contributed by atoms with Crippen LogP contribution in [0.1, 0.15) is 58.7 Å². The zero-order valence-corrected chi connectivity index (χ0v) is 14.6. The second kappa shape index (κ2) is 6.44. The fourth-order valence-electron chi connectivity index (χ4n) is 3.53. The first-order chi connectivity index (χ1) is 12.6. The lowest BCUT2D eigenvalue weighted by molar-refractivity contribution is -0.134. The molecule has 3 amide bonds. The number of carbonyl (C=O) groups is 3. The van der Waals surface area contributed by atoms with E-state index in [0.29, 0.717) is 11.1 Å². The van der Waals surface area contributed by atoms with Gasteiger partial charge in [-0.3, -0.25) is 19.3 Å². The van der Waals surface area contributed by atoms with Crippen molar-refractivity contribution in [3.05, 3.63) is 59.5 Å². The summed E-state index contributed by atoms with van der Waals surface area (Å²) in [6, 6.07) is 10.5. The largest absolute Gasteiger partial charge is 0.467 e. The second-order valence-corrected chi connectivity index (χ2v) is 6.78. The van der Waals surface area contributed by atoms with Crippen LogP contribution in [0.5, 0.6) is 0 Å². The molecule has 0 unspecified atom stereocenters. The molecule has 0 spiro atoms. The van der Waals surface area contributed by atoms with Crippen molar-refractivity contribution in [2.45, 2.75) is 38.3 Å². The van der Waals surface area contributed by atoms with Gasteiger partial charge >= 0.3 is 0 Å². The molecule has 134 valence electrons. The minimum absolute atomic E-state index is 0.0621. The van der Waals surface area contributed by atoms with Crippen LogP contribution in [0.3, 0.4) is 0 Å². The van der Waals surface area contributed by atoms with E-state index in [4.69, 9.17) is 4.42 Å². The molecule has 1 saturated carbocycles. The third-order valence-electron chi connectivity index (χ3n) is 5.03. The van der Waals surface area contributed by atoms with Crippen LogP contribution in [0.15, 0.2) is 47.1 Å². The normalized spacial score (nSPS) is 17.3. The molecule has 2 aliphatic rings. The third kappa shape index (κ3) is 2.81. The predicted octanol–water partition coefficient (Wildman–Crippen LogP) is 3.02. The number of furan rings is 1. The Morgan fingerprint density at radius 1 is 1.15 bits per heavy atom. The van der Waals surface area contributed by atoms with Crippen LogP contribution in [-0.4, -0.2) is 40.1 Å². The van der Waals surface area contributed by atoms with Gasteiger partial charge in [0.15, 0.2) is 0 Å². The molecule has 6 heteroatoms. The molecule has 0 N–H and O–H groups in total. The smallest absolute Gasteiger partial charge is 0.261 e. The monoisotopic (exact) mass is 352 g/mol. The van der Waals surface area contributed by atoms with Gasteiger partial charge in [0.2, 0.25) is 5.91 Å². The maximum Gasteiger partial charge on any atom is 0.261 e. The number of benzene rings is 1. The summed E-state index contributed by atoms with van der Waals surface area (Å²) in [5.74, 6) is 0.0323. The standard InChI is InChI=1S/C20H20N2O4/c1-13(17-7-4-12-26-17)22(14-8-9-14)18(23)10-11-21-19(24)15-5-2-3-6-16(15)20(21)25/h2-7,12-14H,8-11H2,1H3/t13-/m1/s1. The summed E-state index contributed by atoms with van der Waals surface area (Å²) in [7, 11) is 0. The highest BCUT2D eigenvalue weighted by Gasteiger charge is 2.39. The van der Waals surface area contributed by atoms with Crippen molar-refractivity contribution in [2.24, 2.45) is 0 Å². The summed E-state index contributed by atoms with van der Waals surface area (Å²) < 4.78 is 5.45. The second-order valence-electron chi connectivity index (χ2n) is 6.78. The van der Waals surface area contributed by atoms with Gasteiger partial charge in [-0.25, -0.2) is 0 Å². The molecule has 26 heavy (non-hydrogen) atoms. The van der Waals surface area contributed by atoms with Gasteiger partial charge in [0, 0.05) is 19.0 Å². The number of rotatable bonds is 6.